The lowest BCUT2D eigenvalue weighted by Crippen LogP contribution is -2.51. The van der Waals surface area contributed by atoms with Crippen LogP contribution < -0.4 is 9.62 Å². The van der Waals surface area contributed by atoms with Crippen LogP contribution in [0.25, 0.3) is 0 Å². The van der Waals surface area contributed by atoms with E-state index in [-0.39, 0.29) is 29.0 Å². The molecule has 3 aromatic rings. The van der Waals surface area contributed by atoms with Crippen LogP contribution in [0.4, 0.5) is 10.1 Å². The van der Waals surface area contributed by atoms with Gasteiger partial charge in [-0.05, 0) is 66.9 Å². The van der Waals surface area contributed by atoms with Crippen molar-refractivity contribution in [3.05, 3.63) is 95.3 Å². The summed E-state index contributed by atoms with van der Waals surface area (Å²) in [7, 11) is -4.15. The predicted octanol–water partition coefficient (Wildman–Crippen LogP) is 4.86. The molecule has 202 valence electrons. The van der Waals surface area contributed by atoms with Crippen LogP contribution in [0.1, 0.15) is 26.3 Å². The third-order valence-electron chi connectivity index (χ3n) is 5.84. The molecule has 0 aliphatic heterocycles. The van der Waals surface area contributed by atoms with E-state index in [2.05, 4.69) is 5.32 Å². The van der Waals surface area contributed by atoms with E-state index in [9.17, 15) is 22.4 Å². The molecule has 1 N–H and O–H groups in total. The van der Waals surface area contributed by atoms with Crippen LogP contribution in [0.15, 0.2) is 83.8 Å². The number of rotatable bonds is 11. The lowest BCUT2D eigenvalue weighted by molar-refractivity contribution is -0.139. The van der Waals surface area contributed by atoms with E-state index < -0.39 is 34.3 Å². The van der Waals surface area contributed by atoms with Gasteiger partial charge in [0, 0.05) is 18.1 Å². The number of amides is 2. The van der Waals surface area contributed by atoms with Gasteiger partial charge in [-0.2, -0.15) is 0 Å². The monoisotopic (exact) mass is 559 g/mol. The molecule has 0 aliphatic carbocycles. The molecular formula is C28H31ClFN3O4S. The van der Waals surface area contributed by atoms with Gasteiger partial charge in [0.05, 0.1) is 10.6 Å². The fourth-order valence-electron chi connectivity index (χ4n) is 3.68. The van der Waals surface area contributed by atoms with Gasteiger partial charge < -0.3 is 10.2 Å². The zero-order valence-electron chi connectivity index (χ0n) is 21.5. The van der Waals surface area contributed by atoms with Crippen molar-refractivity contribution in [2.24, 2.45) is 5.92 Å². The number of carbonyl (C=O) groups excluding carboxylic acids is 2. The van der Waals surface area contributed by atoms with Crippen molar-refractivity contribution in [1.82, 2.24) is 10.2 Å². The molecule has 0 unspecified atom stereocenters. The maximum Gasteiger partial charge on any atom is 0.264 e. The average molecular weight is 560 g/mol. The van der Waals surface area contributed by atoms with E-state index in [0.29, 0.717) is 17.1 Å². The SMILES string of the molecule is CC(C)CNC(=O)[C@@H](C)N(Cc1ccc(F)cc1)C(=O)CN(c1ccc(Cl)cc1)S(=O)(=O)c1ccccc1. The number of halogens is 2. The van der Waals surface area contributed by atoms with Crippen LogP contribution in [0.2, 0.25) is 5.02 Å². The normalized spacial score (nSPS) is 12.2. The molecule has 10 heteroatoms. The molecule has 7 nitrogen and oxygen atoms in total. The highest BCUT2D eigenvalue weighted by Gasteiger charge is 2.32. The van der Waals surface area contributed by atoms with Gasteiger partial charge in [0.2, 0.25) is 11.8 Å². The first-order valence-corrected chi connectivity index (χ1v) is 14.0. The molecule has 0 radical (unpaired) electrons. The van der Waals surface area contributed by atoms with Crippen LogP contribution in [-0.2, 0) is 26.2 Å². The predicted molar refractivity (Wildman–Crippen MR) is 147 cm³/mol. The van der Waals surface area contributed by atoms with Crippen molar-refractivity contribution in [1.29, 1.82) is 0 Å². The zero-order valence-corrected chi connectivity index (χ0v) is 23.0. The average Bonchev–Trinajstić information content (AvgIpc) is 2.90. The molecule has 38 heavy (non-hydrogen) atoms. The number of benzene rings is 3. The van der Waals surface area contributed by atoms with Gasteiger partial charge in [-0.25, -0.2) is 12.8 Å². The molecule has 0 aliphatic rings. The minimum atomic E-state index is -4.15. The Labute approximate surface area is 228 Å². The molecule has 0 spiro atoms. The van der Waals surface area contributed by atoms with E-state index in [0.717, 1.165) is 4.31 Å². The number of carbonyl (C=O) groups is 2. The molecule has 0 heterocycles. The summed E-state index contributed by atoms with van der Waals surface area (Å²) in [4.78, 5) is 28.0. The van der Waals surface area contributed by atoms with E-state index in [1.165, 1.54) is 65.6 Å². The van der Waals surface area contributed by atoms with Gasteiger partial charge in [0.25, 0.3) is 10.0 Å². The van der Waals surface area contributed by atoms with Crippen molar-refractivity contribution < 1.29 is 22.4 Å². The second-order valence-corrected chi connectivity index (χ2v) is 11.6. The number of hydrogen-bond donors (Lipinski definition) is 1. The van der Waals surface area contributed by atoms with Gasteiger partial charge in [-0.15, -0.1) is 0 Å². The summed E-state index contributed by atoms with van der Waals surface area (Å²) >= 11 is 6.02. The summed E-state index contributed by atoms with van der Waals surface area (Å²) < 4.78 is 41.8. The highest BCUT2D eigenvalue weighted by molar-refractivity contribution is 7.92. The van der Waals surface area contributed by atoms with Crippen LogP contribution in [0, 0.1) is 11.7 Å². The van der Waals surface area contributed by atoms with E-state index in [1.807, 2.05) is 13.8 Å². The molecule has 2 amide bonds. The van der Waals surface area contributed by atoms with E-state index >= 15 is 0 Å². The first kappa shape index (κ1) is 29.1. The van der Waals surface area contributed by atoms with E-state index in [1.54, 1.807) is 25.1 Å². The first-order valence-electron chi connectivity index (χ1n) is 12.1. The summed E-state index contributed by atoms with van der Waals surface area (Å²) in [5.41, 5.74) is 0.831. The van der Waals surface area contributed by atoms with Crippen molar-refractivity contribution in [2.75, 3.05) is 17.4 Å². The molecule has 0 fully saturated rings. The topological polar surface area (TPSA) is 86.8 Å². The number of hydrogen-bond acceptors (Lipinski definition) is 4. The Morgan fingerprint density at radius 1 is 0.921 bits per heavy atom. The Balaban J connectivity index is 1.98. The Hall–Kier alpha value is -3.43. The minimum absolute atomic E-state index is 0.00978. The van der Waals surface area contributed by atoms with Gasteiger partial charge in [-0.1, -0.05) is 55.8 Å². The van der Waals surface area contributed by atoms with Gasteiger partial charge in [0.1, 0.15) is 18.4 Å². The maximum absolute atomic E-state index is 13.8. The fourth-order valence-corrected chi connectivity index (χ4v) is 5.24. The van der Waals surface area contributed by atoms with Crippen molar-refractivity contribution in [3.8, 4) is 0 Å². The number of nitrogens with zero attached hydrogens (tertiary/aromatic N) is 2. The summed E-state index contributed by atoms with van der Waals surface area (Å²) in [5.74, 6) is -1.21. The van der Waals surface area contributed by atoms with E-state index in [4.69, 9.17) is 11.6 Å². The van der Waals surface area contributed by atoms with Gasteiger partial charge in [0.15, 0.2) is 0 Å². The fraction of sp³-hybridized carbons (Fsp3) is 0.286. The maximum atomic E-state index is 13.8. The minimum Gasteiger partial charge on any atom is -0.354 e. The molecule has 0 saturated heterocycles. The summed E-state index contributed by atoms with van der Waals surface area (Å²) in [5, 5.41) is 3.23. The number of anilines is 1. The molecule has 0 bridgehead atoms. The molecule has 0 saturated carbocycles. The summed E-state index contributed by atoms with van der Waals surface area (Å²) in [6.45, 7) is 5.31. The first-order chi connectivity index (χ1) is 18.0. The summed E-state index contributed by atoms with van der Waals surface area (Å²) in [6, 6.07) is 18.5. The molecule has 0 aromatic heterocycles. The number of nitrogens with one attached hydrogen (secondary N) is 1. The Bertz CT molecular complexity index is 1330. The van der Waals surface area contributed by atoms with Crippen LogP contribution in [-0.4, -0.2) is 44.3 Å². The molecule has 1 atom stereocenters. The van der Waals surface area contributed by atoms with Gasteiger partial charge >= 0.3 is 0 Å². The molecule has 3 aromatic carbocycles. The standard InChI is InChI=1S/C28H31ClFN3O4S/c1-20(2)17-31-28(35)21(3)32(18-22-9-13-24(30)14-10-22)27(34)19-33(25-15-11-23(29)12-16-25)38(36,37)26-7-5-4-6-8-26/h4-16,20-21H,17-19H2,1-3H3,(H,31,35)/t21-/m1/s1. The van der Waals surface area contributed by atoms with Crippen molar-refractivity contribution in [2.45, 2.75) is 38.3 Å². The highest BCUT2D eigenvalue weighted by atomic mass is 35.5. The lowest BCUT2D eigenvalue weighted by Gasteiger charge is -2.32. The van der Waals surface area contributed by atoms with Crippen molar-refractivity contribution >= 4 is 39.1 Å². The highest BCUT2D eigenvalue weighted by Crippen LogP contribution is 2.26. The smallest absolute Gasteiger partial charge is 0.264 e. The quantitative estimate of drug-likeness (QED) is 0.363. The zero-order chi connectivity index (χ0) is 27.9. The second-order valence-electron chi connectivity index (χ2n) is 9.26. The lowest BCUT2D eigenvalue weighted by atomic mass is 10.1. The largest absolute Gasteiger partial charge is 0.354 e. The molecular weight excluding hydrogens is 529 g/mol. The Kier molecular flexibility index (Phi) is 9.88. The van der Waals surface area contributed by atoms with Crippen LogP contribution in [0.3, 0.4) is 0 Å². The van der Waals surface area contributed by atoms with Crippen LogP contribution >= 0.6 is 11.6 Å². The van der Waals surface area contributed by atoms with Gasteiger partial charge in [-0.3, -0.25) is 13.9 Å². The number of sulfonamides is 1. The third kappa shape index (κ3) is 7.55. The second kappa shape index (κ2) is 12.9. The molecule has 3 rings (SSSR count). The third-order valence-corrected chi connectivity index (χ3v) is 7.88. The van der Waals surface area contributed by atoms with Crippen LogP contribution in [0.5, 0.6) is 0 Å². The Morgan fingerprint density at radius 3 is 2.11 bits per heavy atom. The Morgan fingerprint density at radius 2 is 1.53 bits per heavy atom. The van der Waals surface area contributed by atoms with Crippen molar-refractivity contribution in [3.63, 3.8) is 0 Å². The summed E-state index contributed by atoms with van der Waals surface area (Å²) in [6.07, 6.45) is 0.